The molecule has 0 unspecified atom stereocenters. The number of nitrogens with zero attached hydrogens (tertiary/aromatic N) is 1. The summed E-state index contributed by atoms with van der Waals surface area (Å²) >= 11 is 0. The number of benzene rings is 1. The van der Waals surface area contributed by atoms with Crippen molar-refractivity contribution in [2.24, 2.45) is 0 Å². The Kier molecular flexibility index (Phi) is 4.01. The first-order valence-corrected chi connectivity index (χ1v) is 4.75. The fraction of sp³-hybridized carbons (Fsp3) is 0.0833. The summed E-state index contributed by atoms with van der Waals surface area (Å²) in [5, 5.41) is 19.7. The fourth-order valence-corrected chi connectivity index (χ4v) is 1.16. The SMILES string of the molecule is CC(=O)N/C(=C/c1ccc(C#N)cc1)C(=O)O. The topological polar surface area (TPSA) is 90.2 Å². The number of nitrogens with one attached hydrogen (secondary N) is 1. The highest BCUT2D eigenvalue weighted by molar-refractivity contribution is 5.96. The minimum atomic E-state index is -1.22. The summed E-state index contributed by atoms with van der Waals surface area (Å²) in [5.41, 5.74) is 0.871. The lowest BCUT2D eigenvalue weighted by Crippen LogP contribution is -2.24. The van der Waals surface area contributed by atoms with Crippen LogP contribution in [0.3, 0.4) is 0 Å². The number of rotatable bonds is 3. The van der Waals surface area contributed by atoms with Gasteiger partial charge >= 0.3 is 5.97 Å². The molecule has 17 heavy (non-hydrogen) atoms. The van der Waals surface area contributed by atoms with E-state index < -0.39 is 11.9 Å². The van der Waals surface area contributed by atoms with E-state index in [-0.39, 0.29) is 5.70 Å². The molecule has 1 aromatic rings. The molecule has 1 rings (SSSR count). The maximum absolute atomic E-state index is 10.8. The number of carbonyl (C=O) groups is 2. The van der Waals surface area contributed by atoms with Gasteiger partial charge in [0.2, 0.25) is 5.91 Å². The number of carboxylic acids is 1. The van der Waals surface area contributed by atoms with Gasteiger partial charge in [-0.15, -0.1) is 0 Å². The number of aliphatic carboxylic acids is 1. The number of nitriles is 1. The lowest BCUT2D eigenvalue weighted by molar-refractivity contribution is -0.134. The molecule has 0 radical (unpaired) electrons. The molecule has 0 aromatic heterocycles. The Morgan fingerprint density at radius 2 is 1.94 bits per heavy atom. The zero-order valence-electron chi connectivity index (χ0n) is 9.10. The molecule has 1 aromatic carbocycles. The highest BCUT2D eigenvalue weighted by Crippen LogP contribution is 2.07. The fourth-order valence-electron chi connectivity index (χ4n) is 1.16. The van der Waals surface area contributed by atoms with Gasteiger partial charge in [0.25, 0.3) is 0 Å². The summed E-state index contributed by atoms with van der Waals surface area (Å²) in [6, 6.07) is 8.29. The van der Waals surface area contributed by atoms with Crippen LogP contribution >= 0.6 is 0 Å². The van der Waals surface area contributed by atoms with Crippen LogP contribution in [0.1, 0.15) is 18.1 Å². The number of amides is 1. The summed E-state index contributed by atoms with van der Waals surface area (Å²) < 4.78 is 0. The highest BCUT2D eigenvalue weighted by atomic mass is 16.4. The normalized spacial score (nSPS) is 10.5. The molecule has 2 N–H and O–H groups in total. The Bertz CT molecular complexity index is 510. The maximum Gasteiger partial charge on any atom is 0.352 e. The zero-order valence-corrected chi connectivity index (χ0v) is 9.10. The number of hydrogen-bond donors (Lipinski definition) is 2. The summed E-state index contributed by atoms with van der Waals surface area (Å²) in [4.78, 5) is 21.6. The average molecular weight is 230 g/mol. The van der Waals surface area contributed by atoms with Gasteiger partial charge in [0.1, 0.15) is 5.70 Å². The van der Waals surface area contributed by atoms with Crippen molar-refractivity contribution in [2.75, 3.05) is 0 Å². The van der Waals surface area contributed by atoms with Crippen LogP contribution in [0.5, 0.6) is 0 Å². The van der Waals surface area contributed by atoms with Gasteiger partial charge in [0, 0.05) is 6.92 Å². The van der Waals surface area contributed by atoms with Crippen molar-refractivity contribution in [3.8, 4) is 6.07 Å². The van der Waals surface area contributed by atoms with Gasteiger partial charge < -0.3 is 10.4 Å². The van der Waals surface area contributed by atoms with Crippen molar-refractivity contribution in [1.29, 1.82) is 5.26 Å². The minimum absolute atomic E-state index is 0.206. The maximum atomic E-state index is 10.8. The van der Waals surface area contributed by atoms with Gasteiger partial charge in [0.15, 0.2) is 0 Å². The first-order chi connectivity index (χ1) is 8.02. The second-order valence-corrected chi connectivity index (χ2v) is 3.28. The van der Waals surface area contributed by atoms with Crippen LogP contribution in [0.2, 0.25) is 0 Å². The average Bonchev–Trinajstić information content (AvgIpc) is 2.28. The molecule has 0 spiro atoms. The van der Waals surface area contributed by atoms with E-state index in [1.807, 2.05) is 6.07 Å². The molecule has 0 heterocycles. The monoisotopic (exact) mass is 230 g/mol. The third kappa shape index (κ3) is 3.80. The van der Waals surface area contributed by atoms with Crippen LogP contribution in [0.4, 0.5) is 0 Å². The molecule has 0 fully saturated rings. The summed E-state index contributed by atoms with van der Waals surface area (Å²) in [6.45, 7) is 1.23. The summed E-state index contributed by atoms with van der Waals surface area (Å²) in [6.07, 6.45) is 1.32. The van der Waals surface area contributed by atoms with E-state index in [2.05, 4.69) is 5.32 Å². The van der Waals surface area contributed by atoms with Crippen LogP contribution in [-0.2, 0) is 9.59 Å². The second kappa shape index (κ2) is 5.47. The van der Waals surface area contributed by atoms with Crippen molar-refractivity contribution < 1.29 is 14.7 Å². The Morgan fingerprint density at radius 3 is 2.35 bits per heavy atom. The molecule has 0 saturated heterocycles. The Labute approximate surface area is 98.0 Å². The molecule has 0 bridgehead atoms. The van der Waals surface area contributed by atoms with Crippen molar-refractivity contribution in [3.63, 3.8) is 0 Å². The predicted octanol–water partition coefficient (Wildman–Crippen LogP) is 1.12. The quantitative estimate of drug-likeness (QED) is 0.761. The van der Waals surface area contributed by atoms with Crippen LogP contribution < -0.4 is 5.32 Å². The first kappa shape index (κ1) is 12.5. The van der Waals surface area contributed by atoms with Crippen LogP contribution in [0, 0.1) is 11.3 Å². The van der Waals surface area contributed by atoms with Crippen molar-refractivity contribution in [1.82, 2.24) is 5.32 Å². The Hall–Kier alpha value is -2.61. The van der Waals surface area contributed by atoms with Gasteiger partial charge in [-0.1, -0.05) is 12.1 Å². The van der Waals surface area contributed by atoms with E-state index in [1.54, 1.807) is 24.3 Å². The lowest BCUT2D eigenvalue weighted by Gasteiger charge is -2.02. The molecule has 0 atom stereocenters. The number of carbonyl (C=O) groups excluding carboxylic acids is 1. The Balaban J connectivity index is 3.00. The number of carboxylic acid groups (broad SMARTS) is 1. The van der Waals surface area contributed by atoms with Crippen molar-refractivity contribution >= 4 is 18.0 Å². The smallest absolute Gasteiger partial charge is 0.352 e. The molecule has 5 heteroatoms. The van der Waals surface area contributed by atoms with Crippen LogP contribution in [0.15, 0.2) is 30.0 Å². The molecule has 0 aliphatic carbocycles. The van der Waals surface area contributed by atoms with Crippen molar-refractivity contribution in [2.45, 2.75) is 6.92 Å². The second-order valence-electron chi connectivity index (χ2n) is 3.28. The molecule has 86 valence electrons. The van der Waals surface area contributed by atoms with E-state index in [9.17, 15) is 9.59 Å². The molecule has 0 aliphatic heterocycles. The molecule has 0 aliphatic rings. The van der Waals surface area contributed by atoms with Crippen LogP contribution in [0.25, 0.3) is 6.08 Å². The van der Waals surface area contributed by atoms with E-state index >= 15 is 0 Å². The van der Waals surface area contributed by atoms with E-state index in [4.69, 9.17) is 10.4 Å². The number of hydrogen-bond acceptors (Lipinski definition) is 3. The lowest BCUT2D eigenvalue weighted by atomic mass is 10.1. The molecule has 1 amide bonds. The third-order valence-corrected chi connectivity index (χ3v) is 1.89. The zero-order chi connectivity index (χ0) is 12.8. The predicted molar refractivity (Wildman–Crippen MR) is 60.6 cm³/mol. The minimum Gasteiger partial charge on any atom is -0.477 e. The van der Waals surface area contributed by atoms with E-state index in [0.717, 1.165) is 0 Å². The standard InChI is InChI=1S/C12H10N2O3/c1-8(15)14-11(12(16)17)6-9-2-4-10(7-13)5-3-9/h2-6H,1H3,(H,14,15)(H,16,17)/b11-6+. The molecular weight excluding hydrogens is 220 g/mol. The largest absolute Gasteiger partial charge is 0.477 e. The van der Waals surface area contributed by atoms with Gasteiger partial charge in [-0.05, 0) is 23.8 Å². The third-order valence-electron chi connectivity index (χ3n) is 1.89. The first-order valence-electron chi connectivity index (χ1n) is 4.75. The van der Waals surface area contributed by atoms with Crippen LogP contribution in [-0.4, -0.2) is 17.0 Å². The van der Waals surface area contributed by atoms with E-state index in [1.165, 1.54) is 13.0 Å². The van der Waals surface area contributed by atoms with Gasteiger partial charge in [-0.2, -0.15) is 5.26 Å². The van der Waals surface area contributed by atoms with Gasteiger partial charge in [-0.3, -0.25) is 4.79 Å². The summed E-state index contributed by atoms with van der Waals surface area (Å²) in [5.74, 6) is -1.67. The molecule has 0 saturated carbocycles. The molecule has 5 nitrogen and oxygen atoms in total. The van der Waals surface area contributed by atoms with Gasteiger partial charge in [-0.25, -0.2) is 4.79 Å². The van der Waals surface area contributed by atoms with Crippen molar-refractivity contribution in [3.05, 3.63) is 41.1 Å². The molecular formula is C12H10N2O3. The highest BCUT2D eigenvalue weighted by Gasteiger charge is 2.08. The summed E-state index contributed by atoms with van der Waals surface area (Å²) in [7, 11) is 0. The Morgan fingerprint density at radius 1 is 1.35 bits per heavy atom. The van der Waals surface area contributed by atoms with Gasteiger partial charge in [0.05, 0.1) is 11.6 Å². The van der Waals surface area contributed by atoms with E-state index in [0.29, 0.717) is 11.1 Å².